The maximum Gasteiger partial charge on any atom is 0.191 e. The summed E-state index contributed by atoms with van der Waals surface area (Å²) >= 11 is 0. The van der Waals surface area contributed by atoms with Crippen molar-refractivity contribution in [3.05, 3.63) is 29.3 Å². The number of nitrogens with zero attached hydrogens (tertiary/aromatic N) is 1. The lowest BCUT2D eigenvalue weighted by Gasteiger charge is -2.14. The van der Waals surface area contributed by atoms with Crippen LogP contribution in [0.1, 0.15) is 30.9 Å². The van der Waals surface area contributed by atoms with Gasteiger partial charge in [0.05, 0.1) is 7.11 Å². The quantitative estimate of drug-likeness (QED) is 0.271. The molecule has 0 aliphatic rings. The van der Waals surface area contributed by atoms with Crippen LogP contribution in [0, 0.1) is 6.92 Å². The maximum absolute atomic E-state index is 5.41. The lowest BCUT2D eigenvalue weighted by molar-refractivity contribution is 0.143. The van der Waals surface area contributed by atoms with E-state index in [4.69, 9.17) is 9.47 Å². The number of methoxy groups -OCH3 is 1. The number of rotatable bonds is 9. The lowest BCUT2D eigenvalue weighted by atomic mass is 10.1. The molecule has 23 heavy (non-hydrogen) atoms. The van der Waals surface area contributed by atoms with Crippen LogP contribution in [-0.2, 0) is 11.3 Å². The van der Waals surface area contributed by atoms with Crippen molar-refractivity contribution in [3.8, 4) is 5.75 Å². The van der Waals surface area contributed by atoms with Crippen LogP contribution in [0.3, 0.4) is 0 Å². The van der Waals surface area contributed by atoms with E-state index in [-0.39, 0.29) is 24.0 Å². The minimum Gasteiger partial charge on any atom is -0.496 e. The van der Waals surface area contributed by atoms with Crippen LogP contribution >= 0.6 is 24.0 Å². The topological polar surface area (TPSA) is 54.9 Å². The van der Waals surface area contributed by atoms with Gasteiger partial charge in [-0.15, -0.1) is 24.0 Å². The van der Waals surface area contributed by atoms with E-state index in [1.807, 2.05) is 13.0 Å². The Morgan fingerprint density at radius 3 is 2.65 bits per heavy atom. The number of hydrogen-bond donors (Lipinski definition) is 2. The fourth-order valence-electron chi connectivity index (χ4n) is 2.08. The third-order valence-electron chi connectivity index (χ3n) is 3.32. The molecule has 0 aliphatic carbocycles. The molecule has 0 fully saturated rings. The molecule has 0 heterocycles. The van der Waals surface area contributed by atoms with Crippen LogP contribution in [0.15, 0.2) is 23.2 Å². The van der Waals surface area contributed by atoms with E-state index >= 15 is 0 Å². The summed E-state index contributed by atoms with van der Waals surface area (Å²) in [4.78, 5) is 4.23. The molecule has 1 aromatic carbocycles. The van der Waals surface area contributed by atoms with Gasteiger partial charge in [-0.25, -0.2) is 0 Å². The zero-order chi connectivity index (χ0) is 16.2. The van der Waals surface area contributed by atoms with Gasteiger partial charge in [0, 0.05) is 38.9 Å². The average Bonchev–Trinajstić information content (AvgIpc) is 2.54. The SMILES string of the molecule is CCOCCCCNC(=NC)NCc1ccc(C)cc1OC.I. The van der Waals surface area contributed by atoms with Crippen LogP contribution in [0.25, 0.3) is 0 Å². The van der Waals surface area contributed by atoms with E-state index in [0.717, 1.165) is 49.9 Å². The molecule has 1 aromatic rings. The van der Waals surface area contributed by atoms with Crippen LogP contribution in [-0.4, -0.2) is 39.9 Å². The summed E-state index contributed by atoms with van der Waals surface area (Å²) < 4.78 is 10.7. The molecule has 0 aliphatic heterocycles. The van der Waals surface area contributed by atoms with Gasteiger partial charge in [0.15, 0.2) is 5.96 Å². The molecular formula is C17H30IN3O2. The second-order valence-electron chi connectivity index (χ2n) is 5.07. The first-order valence-corrected chi connectivity index (χ1v) is 7.87. The Labute approximate surface area is 157 Å². The standard InChI is InChI=1S/C17H29N3O2.HI/c1-5-22-11-7-6-10-19-17(18-3)20-13-15-9-8-14(2)12-16(15)21-4;/h8-9,12H,5-7,10-11,13H2,1-4H3,(H2,18,19,20);1H. The number of hydrogen-bond acceptors (Lipinski definition) is 3. The first kappa shape index (κ1) is 22.0. The van der Waals surface area contributed by atoms with Gasteiger partial charge in [-0.3, -0.25) is 4.99 Å². The molecule has 132 valence electrons. The van der Waals surface area contributed by atoms with Gasteiger partial charge >= 0.3 is 0 Å². The normalized spacial score (nSPS) is 10.9. The van der Waals surface area contributed by atoms with E-state index < -0.39 is 0 Å². The zero-order valence-corrected chi connectivity index (χ0v) is 17.0. The fraction of sp³-hybridized carbons (Fsp3) is 0.588. The van der Waals surface area contributed by atoms with E-state index in [9.17, 15) is 0 Å². The fourth-order valence-corrected chi connectivity index (χ4v) is 2.08. The van der Waals surface area contributed by atoms with Crippen molar-refractivity contribution < 1.29 is 9.47 Å². The van der Waals surface area contributed by atoms with Crippen LogP contribution < -0.4 is 15.4 Å². The van der Waals surface area contributed by atoms with Gasteiger partial charge < -0.3 is 20.1 Å². The molecule has 6 heteroatoms. The lowest BCUT2D eigenvalue weighted by Crippen LogP contribution is -2.37. The number of unbranched alkanes of at least 4 members (excludes halogenated alkanes) is 1. The monoisotopic (exact) mass is 435 g/mol. The number of ether oxygens (including phenoxy) is 2. The van der Waals surface area contributed by atoms with E-state index in [1.165, 1.54) is 5.56 Å². The second-order valence-corrected chi connectivity index (χ2v) is 5.07. The Kier molecular flexibility index (Phi) is 12.8. The molecule has 0 atom stereocenters. The number of aliphatic imine (C=N–C) groups is 1. The molecule has 5 nitrogen and oxygen atoms in total. The molecule has 0 unspecified atom stereocenters. The summed E-state index contributed by atoms with van der Waals surface area (Å²) in [7, 11) is 3.48. The highest BCUT2D eigenvalue weighted by Gasteiger charge is 2.04. The van der Waals surface area contributed by atoms with Crippen molar-refractivity contribution in [1.29, 1.82) is 0 Å². The Morgan fingerprint density at radius 2 is 2.00 bits per heavy atom. The summed E-state index contributed by atoms with van der Waals surface area (Å²) in [6.07, 6.45) is 2.12. The summed E-state index contributed by atoms with van der Waals surface area (Å²) in [5.74, 6) is 1.71. The number of halogens is 1. The summed E-state index contributed by atoms with van der Waals surface area (Å²) in [5.41, 5.74) is 2.31. The van der Waals surface area contributed by atoms with E-state index in [2.05, 4.69) is 34.7 Å². The van der Waals surface area contributed by atoms with Gasteiger partial charge in [0.1, 0.15) is 5.75 Å². The minimum atomic E-state index is 0. The molecule has 0 saturated heterocycles. The van der Waals surface area contributed by atoms with Gasteiger partial charge in [-0.2, -0.15) is 0 Å². The first-order chi connectivity index (χ1) is 10.7. The van der Waals surface area contributed by atoms with Crippen molar-refractivity contribution in [3.63, 3.8) is 0 Å². The van der Waals surface area contributed by atoms with Gasteiger partial charge in [0.2, 0.25) is 0 Å². The predicted molar refractivity (Wildman–Crippen MR) is 107 cm³/mol. The molecule has 0 radical (unpaired) electrons. The zero-order valence-electron chi connectivity index (χ0n) is 14.6. The number of aryl methyl sites for hydroxylation is 1. The molecule has 2 N–H and O–H groups in total. The van der Waals surface area contributed by atoms with Crippen LogP contribution in [0.5, 0.6) is 5.75 Å². The third-order valence-corrected chi connectivity index (χ3v) is 3.32. The molecular weight excluding hydrogens is 405 g/mol. The Bertz CT molecular complexity index is 467. The molecule has 0 bridgehead atoms. The number of nitrogens with one attached hydrogen (secondary N) is 2. The van der Waals surface area contributed by atoms with Crippen molar-refractivity contribution in [2.24, 2.45) is 4.99 Å². The van der Waals surface area contributed by atoms with Crippen LogP contribution in [0.4, 0.5) is 0 Å². The Hall–Kier alpha value is -1.02. The largest absolute Gasteiger partial charge is 0.496 e. The summed E-state index contributed by atoms with van der Waals surface area (Å²) in [5, 5.41) is 6.62. The smallest absolute Gasteiger partial charge is 0.191 e. The van der Waals surface area contributed by atoms with Crippen molar-refractivity contribution in [2.45, 2.75) is 33.2 Å². The maximum atomic E-state index is 5.41. The predicted octanol–water partition coefficient (Wildman–Crippen LogP) is 3.10. The van der Waals surface area contributed by atoms with Gasteiger partial charge in [-0.1, -0.05) is 12.1 Å². The summed E-state index contributed by atoms with van der Waals surface area (Å²) in [6, 6.07) is 6.21. The third kappa shape index (κ3) is 9.00. The second kappa shape index (κ2) is 13.4. The van der Waals surface area contributed by atoms with Crippen molar-refractivity contribution in [1.82, 2.24) is 10.6 Å². The highest BCUT2D eigenvalue weighted by atomic mass is 127. The molecule has 0 spiro atoms. The number of guanidine groups is 1. The van der Waals surface area contributed by atoms with Gasteiger partial charge in [-0.05, 0) is 38.3 Å². The molecule has 0 saturated carbocycles. The minimum absolute atomic E-state index is 0. The van der Waals surface area contributed by atoms with Gasteiger partial charge in [0.25, 0.3) is 0 Å². The highest BCUT2D eigenvalue weighted by Crippen LogP contribution is 2.19. The molecule has 1 rings (SSSR count). The van der Waals surface area contributed by atoms with Crippen LogP contribution in [0.2, 0.25) is 0 Å². The van der Waals surface area contributed by atoms with Crippen molar-refractivity contribution >= 4 is 29.9 Å². The highest BCUT2D eigenvalue weighted by molar-refractivity contribution is 14.0. The van der Waals surface area contributed by atoms with E-state index in [0.29, 0.717) is 6.54 Å². The average molecular weight is 435 g/mol. The Balaban J connectivity index is 0.00000484. The molecule has 0 aromatic heterocycles. The van der Waals surface area contributed by atoms with Crippen molar-refractivity contribution in [2.75, 3.05) is 33.9 Å². The number of benzene rings is 1. The Morgan fingerprint density at radius 1 is 1.22 bits per heavy atom. The molecule has 0 amide bonds. The van der Waals surface area contributed by atoms with E-state index in [1.54, 1.807) is 14.2 Å². The first-order valence-electron chi connectivity index (χ1n) is 7.87. The summed E-state index contributed by atoms with van der Waals surface area (Å²) in [6.45, 7) is 7.26.